The van der Waals surface area contributed by atoms with Crippen molar-refractivity contribution in [2.24, 2.45) is 0 Å². The predicted octanol–water partition coefficient (Wildman–Crippen LogP) is 3.01. The number of hydrogen-bond acceptors (Lipinski definition) is 4. The molecule has 0 atom stereocenters. The van der Waals surface area contributed by atoms with E-state index in [1.54, 1.807) is 20.3 Å². The highest BCUT2D eigenvalue weighted by Crippen LogP contribution is 2.29. The maximum atomic E-state index is 12.0. The third-order valence-corrected chi connectivity index (χ3v) is 3.63. The van der Waals surface area contributed by atoms with E-state index in [-0.39, 0.29) is 0 Å². The molecule has 0 unspecified atom stereocenters. The number of rotatable bonds is 5. The van der Waals surface area contributed by atoms with E-state index >= 15 is 0 Å². The fourth-order valence-corrected chi connectivity index (χ4v) is 2.61. The lowest BCUT2D eigenvalue weighted by molar-refractivity contribution is -0.110. The van der Waals surface area contributed by atoms with Gasteiger partial charge in [-0.05, 0) is 24.6 Å². The van der Waals surface area contributed by atoms with Crippen LogP contribution in [-0.4, -0.2) is 38.2 Å². The molecule has 1 aromatic heterocycles. The van der Waals surface area contributed by atoms with Crippen LogP contribution in [0.2, 0.25) is 5.02 Å². The van der Waals surface area contributed by atoms with Gasteiger partial charge in [0.1, 0.15) is 0 Å². The highest BCUT2D eigenvalue weighted by Gasteiger charge is 2.19. The fourth-order valence-electron chi connectivity index (χ4n) is 2.39. The first-order chi connectivity index (χ1) is 10.0. The number of fused-ring (bicyclic) bond motifs is 1. The van der Waals surface area contributed by atoms with Gasteiger partial charge in [0.05, 0.1) is 24.7 Å². The zero-order valence-electron chi connectivity index (χ0n) is 12.5. The Balaban J connectivity index is 2.64. The standard InChI is InChI=1S/C15H18ClNO4/c1-9-7-17(8-13(19-2)20-3)14-11(9)5-10(16)6-12(14)15(18)21-4/h5-7,13H,8H2,1-4H3. The van der Waals surface area contributed by atoms with E-state index in [1.807, 2.05) is 23.8 Å². The lowest BCUT2D eigenvalue weighted by atomic mass is 10.1. The predicted molar refractivity (Wildman–Crippen MR) is 80.8 cm³/mol. The maximum absolute atomic E-state index is 12.0. The van der Waals surface area contributed by atoms with E-state index in [2.05, 4.69) is 0 Å². The molecule has 21 heavy (non-hydrogen) atoms. The Bertz CT molecular complexity index is 661. The molecule has 114 valence electrons. The van der Waals surface area contributed by atoms with Crippen molar-refractivity contribution in [2.75, 3.05) is 21.3 Å². The zero-order valence-corrected chi connectivity index (χ0v) is 13.2. The molecule has 2 aromatic rings. The van der Waals surface area contributed by atoms with Crippen molar-refractivity contribution < 1.29 is 19.0 Å². The molecule has 1 aromatic carbocycles. The van der Waals surface area contributed by atoms with E-state index in [1.165, 1.54) is 7.11 Å². The van der Waals surface area contributed by atoms with Crippen molar-refractivity contribution in [3.05, 3.63) is 34.5 Å². The van der Waals surface area contributed by atoms with Gasteiger partial charge in [0.2, 0.25) is 0 Å². The summed E-state index contributed by atoms with van der Waals surface area (Å²) in [5.41, 5.74) is 2.21. The van der Waals surface area contributed by atoms with Crippen LogP contribution in [0.5, 0.6) is 0 Å². The van der Waals surface area contributed by atoms with Crippen LogP contribution in [-0.2, 0) is 20.8 Å². The van der Waals surface area contributed by atoms with Gasteiger partial charge in [-0.3, -0.25) is 0 Å². The lowest BCUT2D eigenvalue weighted by Crippen LogP contribution is -2.20. The molecule has 1 heterocycles. The molecule has 0 fully saturated rings. The molecule has 0 aliphatic rings. The average molecular weight is 312 g/mol. The lowest BCUT2D eigenvalue weighted by Gasteiger charge is -2.16. The number of aromatic nitrogens is 1. The molecule has 0 saturated heterocycles. The minimum absolute atomic E-state index is 0.402. The number of hydrogen-bond donors (Lipinski definition) is 0. The van der Waals surface area contributed by atoms with E-state index in [0.29, 0.717) is 17.1 Å². The smallest absolute Gasteiger partial charge is 0.340 e. The van der Waals surface area contributed by atoms with E-state index in [4.69, 9.17) is 25.8 Å². The Morgan fingerprint density at radius 1 is 1.29 bits per heavy atom. The number of benzene rings is 1. The fraction of sp³-hybridized carbons (Fsp3) is 0.400. The summed E-state index contributed by atoms with van der Waals surface area (Å²) >= 11 is 6.10. The highest BCUT2D eigenvalue weighted by molar-refractivity contribution is 6.32. The average Bonchev–Trinajstić information content (AvgIpc) is 2.79. The summed E-state index contributed by atoms with van der Waals surface area (Å²) in [4.78, 5) is 12.0. The van der Waals surface area contributed by atoms with Crippen molar-refractivity contribution in [3.63, 3.8) is 0 Å². The van der Waals surface area contributed by atoms with Crippen molar-refractivity contribution in [2.45, 2.75) is 19.8 Å². The van der Waals surface area contributed by atoms with Gasteiger partial charge < -0.3 is 18.8 Å². The normalized spacial score (nSPS) is 11.3. The second kappa shape index (κ2) is 6.47. The van der Waals surface area contributed by atoms with Gasteiger partial charge in [-0.2, -0.15) is 0 Å². The van der Waals surface area contributed by atoms with Gasteiger partial charge in [-0.15, -0.1) is 0 Å². The maximum Gasteiger partial charge on any atom is 0.340 e. The summed E-state index contributed by atoms with van der Waals surface area (Å²) in [6, 6.07) is 3.45. The molecule has 0 aliphatic carbocycles. The molecule has 0 amide bonds. The van der Waals surface area contributed by atoms with Crippen LogP contribution in [0.3, 0.4) is 0 Å². The Morgan fingerprint density at radius 2 is 1.95 bits per heavy atom. The van der Waals surface area contributed by atoms with Crippen LogP contribution in [0.4, 0.5) is 0 Å². The Morgan fingerprint density at radius 3 is 2.52 bits per heavy atom. The third-order valence-electron chi connectivity index (χ3n) is 3.41. The van der Waals surface area contributed by atoms with Crippen LogP contribution in [0, 0.1) is 6.92 Å². The third kappa shape index (κ3) is 3.05. The Hall–Kier alpha value is -1.56. The Kier molecular flexibility index (Phi) is 4.88. The number of nitrogens with zero attached hydrogens (tertiary/aromatic N) is 1. The summed E-state index contributed by atoms with van der Waals surface area (Å²) in [6.45, 7) is 2.42. The summed E-state index contributed by atoms with van der Waals surface area (Å²) in [7, 11) is 4.50. The molecule has 6 heteroatoms. The monoisotopic (exact) mass is 311 g/mol. The molecule has 0 saturated carbocycles. The van der Waals surface area contributed by atoms with Crippen molar-refractivity contribution in [1.29, 1.82) is 0 Å². The minimum Gasteiger partial charge on any atom is -0.465 e. The highest BCUT2D eigenvalue weighted by atomic mass is 35.5. The van der Waals surface area contributed by atoms with Crippen LogP contribution >= 0.6 is 11.6 Å². The number of aryl methyl sites for hydroxylation is 1. The van der Waals surface area contributed by atoms with E-state index < -0.39 is 12.3 Å². The molecule has 0 radical (unpaired) electrons. The van der Waals surface area contributed by atoms with E-state index in [9.17, 15) is 4.79 Å². The van der Waals surface area contributed by atoms with Crippen molar-refractivity contribution >= 4 is 28.5 Å². The van der Waals surface area contributed by atoms with Gasteiger partial charge in [0, 0.05) is 30.8 Å². The largest absolute Gasteiger partial charge is 0.465 e. The molecule has 5 nitrogen and oxygen atoms in total. The van der Waals surface area contributed by atoms with Crippen molar-refractivity contribution in [3.8, 4) is 0 Å². The number of methoxy groups -OCH3 is 3. The van der Waals surface area contributed by atoms with Crippen LogP contribution in [0.1, 0.15) is 15.9 Å². The molecule has 0 spiro atoms. The zero-order chi connectivity index (χ0) is 15.6. The number of esters is 1. The number of ether oxygens (including phenoxy) is 3. The van der Waals surface area contributed by atoms with Crippen molar-refractivity contribution in [1.82, 2.24) is 4.57 Å². The second-order valence-electron chi connectivity index (χ2n) is 4.71. The van der Waals surface area contributed by atoms with Gasteiger partial charge >= 0.3 is 5.97 Å². The Labute approximate surface area is 128 Å². The summed E-state index contributed by atoms with van der Waals surface area (Å²) in [5, 5.41) is 1.41. The minimum atomic E-state index is -0.423. The first kappa shape index (κ1) is 15.8. The molecular weight excluding hydrogens is 294 g/mol. The van der Waals surface area contributed by atoms with Crippen LogP contribution in [0.25, 0.3) is 10.9 Å². The summed E-state index contributed by atoms with van der Waals surface area (Å²) < 4.78 is 17.2. The van der Waals surface area contributed by atoms with Gasteiger partial charge in [-0.1, -0.05) is 11.6 Å². The molecule has 0 aliphatic heterocycles. The molecular formula is C15H18ClNO4. The van der Waals surface area contributed by atoms with Crippen LogP contribution < -0.4 is 0 Å². The first-order valence-electron chi connectivity index (χ1n) is 6.44. The quantitative estimate of drug-likeness (QED) is 0.629. The van der Waals surface area contributed by atoms with Gasteiger partial charge in [0.25, 0.3) is 0 Å². The molecule has 0 bridgehead atoms. The van der Waals surface area contributed by atoms with Crippen LogP contribution in [0.15, 0.2) is 18.3 Å². The second-order valence-corrected chi connectivity index (χ2v) is 5.14. The number of carbonyl (C=O) groups is 1. The topological polar surface area (TPSA) is 49.7 Å². The summed E-state index contributed by atoms with van der Waals surface area (Å²) in [5.74, 6) is -0.423. The molecule has 2 rings (SSSR count). The molecule has 0 N–H and O–H groups in total. The van der Waals surface area contributed by atoms with E-state index in [0.717, 1.165) is 16.5 Å². The van der Waals surface area contributed by atoms with Gasteiger partial charge in [0.15, 0.2) is 6.29 Å². The van der Waals surface area contributed by atoms with Gasteiger partial charge in [-0.25, -0.2) is 4.79 Å². The SMILES string of the molecule is COC(=O)c1cc(Cl)cc2c(C)cn(CC(OC)OC)c12. The number of carbonyl (C=O) groups excluding carboxylic acids is 1. The first-order valence-corrected chi connectivity index (χ1v) is 6.82. The summed E-state index contributed by atoms with van der Waals surface area (Å²) in [6.07, 6.45) is 1.54. The number of halogens is 1.